The first kappa shape index (κ1) is 16.0. The predicted octanol–water partition coefficient (Wildman–Crippen LogP) is 5.53. The molecule has 0 saturated carbocycles. The summed E-state index contributed by atoms with van der Waals surface area (Å²) in [4.78, 5) is 3.70. The average molecular weight is 365 g/mol. The molecule has 0 fully saturated rings. The number of H-pyrrole nitrogens is 1. The van der Waals surface area contributed by atoms with Crippen molar-refractivity contribution in [2.45, 2.75) is 25.9 Å². The Labute approximate surface area is 164 Å². The summed E-state index contributed by atoms with van der Waals surface area (Å²) in [5.41, 5.74) is 8.01. The Hall–Kier alpha value is -3.04. The minimum Gasteiger partial charge on any atom is -0.357 e. The van der Waals surface area contributed by atoms with Crippen LogP contribution in [0.4, 0.5) is 0 Å². The molecule has 0 aliphatic carbocycles. The monoisotopic (exact) mass is 365 g/mol. The largest absolute Gasteiger partial charge is 0.357 e. The first-order chi connectivity index (χ1) is 13.8. The molecular formula is C25H23N3. The first-order valence-corrected chi connectivity index (χ1v) is 10.2. The SMILES string of the molecule is CCn1c2ccccc2c2cc(C3NCCc4c3[nH]c3ccccc43)ccc21. The molecule has 5 aromatic rings. The highest BCUT2D eigenvalue weighted by molar-refractivity contribution is 6.08. The summed E-state index contributed by atoms with van der Waals surface area (Å²) in [5.74, 6) is 0. The van der Waals surface area contributed by atoms with Crippen molar-refractivity contribution in [2.75, 3.05) is 6.54 Å². The van der Waals surface area contributed by atoms with Crippen LogP contribution in [0.2, 0.25) is 0 Å². The summed E-state index contributed by atoms with van der Waals surface area (Å²) in [6.07, 6.45) is 1.08. The minimum absolute atomic E-state index is 0.212. The normalized spacial score (nSPS) is 16.8. The van der Waals surface area contributed by atoms with Gasteiger partial charge in [-0.25, -0.2) is 0 Å². The zero-order chi connectivity index (χ0) is 18.7. The van der Waals surface area contributed by atoms with Gasteiger partial charge in [-0.15, -0.1) is 0 Å². The third-order valence-corrected chi connectivity index (χ3v) is 6.30. The zero-order valence-corrected chi connectivity index (χ0v) is 16.0. The van der Waals surface area contributed by atoms with E-state index in [-0.39, 0.29) is 6.04 Å². The van der Waals surface area contributed by atoms with Crippen LogP contribution in [-0.2, 0) is 13.0 Å². The summed E-state index contributed by atoms with van der Waals surface area (Å²) in [5, 5.41) is 7.81. The van der Waals surface area contributed by atoms with Crippen molar-refractivity contribution >= 4 is 32.7 Å². The van der Waals surface area contributed by atoms with Crippen LogP contribution in [0.5, 0.6) is 0 Å². The van der Waals surface area contributed by atoms with Gasteiger partial charge >= 0.3 is 0 Å². The zero-order valence-electron chi connectivity index (χ0n) is 16.0. The van der Waals surface area contributed by atoms with Gasteiger partial charge in [0.2, 0.25) is 0 Å². The summed E-state index contributed by atoms with van der Waals surface area (Å²) in [6.45, 7) is 4.21. The van der Waals surface area contributed by atoms with Crippen LogP contribution in [0.1, 0.15) is 29.8 Å². The number of nitrogens with one attached hydrogen (secondary N) is 2. The molecule has 0 bridgehead atoms. The van der Waals surface area contributed by atoms with Gasteiger partial charge < -0.3 is 14.9 Å². The second kappa shape index (κ2) is 5.98. The number of aromatic amines is 1. The second-order valence-electron chi connectivity index (χ2n) is 7.74. The lowest BCUT2D eigenvalue weighted by molar-refractivity contribution is 0.561. The van der Waals surface area contributed by atoms with Crippen molar-refractivity contribution in [1.82, 2.24) is 14.9 Å². The van der Waals surface area contributed by atoms with E-state index in [2.05, 4.69) is 88.5 Å². The molecule has 3 heteroatoms. The predicted molar refractivity (Wildman–Crippen MR) is 117 cm³/mol. The lowest BCUT2D eigenvalue weighted by Crippen LogP contribution is -2.30. The van der Waals surface area contributed by atoms with E-state index in [0.717, 1.165) is 19.5 Å². The number of hydrogen-bond acceptors (Lipinski definition) is 1. The van der Waals surface area contributed by atoms with Gasteiger partial charge in [0.15, 0.2) is 0 Å². The highest BCUT2D eigenvalue weighted by atomic mass is 15.0. The van der Waals surface area contributed by atoms with Crippen molar-refractivity contribution in [3.63, 3.8) is 0 Å². The molecule has 2 N–H and O–H groups in total. The number of aromatic nitrogens is 2. The van der Waals surface area contributed by atoms with E-state index in [0.29, 0.717) is 0 Å². The molecule has 6 rings (SSSR count). The number of aryl methyl sites for hydroxylation is 1. The van der Waals surface area contributed by atoms with Gasteiger partial charge in [0.25, 0.3) is 0 Å². The fourth-order valence-electron chi connectivity index (χ4n) is 5.06. The van der Waals surface area contributed by atoms with Crippen LogP contribution in [-0.4, -0.2) is 16.1 Å². The quantitative estimate of drug-likeness (QED) is 0.423. The number of hydrogen-bond donors (Lipinski definition) is 2. The maximum atomic E-state index is 3.75. The van der Waals surface area contributed by atoms with E-state index in [1.807, 2.05) is 0 Å². The van der Waals surface area contributed by atoms with Gasteiger partial charge in [-0.05, 0) is 48.7 Å². The lowest BCUT2D eigenvalue weighted by Gasteiger charge is -2.25. The molecular weight excluding hydrogens is 342 g/mol. The Morgan fingerprint density at radius 1 is 0.893 bits per heavy atom. The standard InChI is InChI=1S/C25H23N3/c1-2-28-22-10-6-4-8-18(22)20-15-16(11-12-23(20)28)24-25-19(13-14-26-24)17-7-3-5-9-21(17)27-25/h3-12,15,24,26-27H,2,13-14H2,1H3. The molecule has 1 unspecified atom stereocenters. The topological polar surface area (TPSA) is 32.8 Å². The lowest BCUT2D eigenvalue weighted by atomic mass is 9.93. The van der Waals surface area contributed by atoms with E-state index in [1.54, 1.807) is 0 Å². The molecule has 0 saturated heterocycles. The molecule has 3 heterocycles. The molecule has 3 aromatic carbocycles. The van der Waals surface area contributed by atoms with Crippen molar-refractivity contribution in [1.29, 1.82) is 0 Å². The molecule has 0 radical (unpaired) electrons. The van der Waals surface area contributed by atoms with Crippen LogP contribution in [0, 0.1) is 0 Å². The van der Waals surface area contributed by atoms with Crippen LogP contribution >= 0.6 is 0 Å². The van der Waals surface area contributed by atoms with E-state index in [4.69, 9.17) is 0 Å². The molecule has 0 amide bonds. The smallest absolute Gasteiger partial charge is 0.0732 e. The van der Waals surface area contributed by atoms with Crippen LogP contribution in [0.25, 0.3) is 32.7 Å². The minimum atomic E-state index is 0.212. The first-order valence-electron chi connectivity index (χ1n) is 10.2. The Morgan fingerprint density at radius 2 is 1.68 bits per heavy atom. The third kappa shape index (κ3) is 2.14. The van der Waals surface area contributed by atoms with Crippen LogP contribution in [0.3, 0.4) is 0 Å². The van der Waals surface area contributed by atoms with E-state index in [9.17, 15) is 0 Å². The molecule has 3 nitrogen and oxygen atoms in total. The van der Waals surface area contributed by atoms with Gasteiger partial charge in [0.05, 0.1) is 6.04 Å². The van der Waals surface area contributed by atoms with Gasteiger partial charge in [-0.1, -0.05) is 42.5 Å². The fraction of sp³-hybridized carbons (Fsp3) is 0.200. The molecule has 1 atom stereocenters. The maximum absolute atomic E-state index is 3.75. The van der Waals surface area contributed by atoms with E-state index < -0.39 is 0 Å². The second-order valence-corrected chi connectivity index (χ2v) is 7.74. The van der Waals surface area contributed by atoms with Crippen LogP contribution < -0.4 is 5.32 Å². The summed E-state index contributed by atoms with van der Waals surface area (Å²) in [7, 11) is 0. The Kier molecular flexibility index (Phi) is 3.41. The Balaban J connectivity index is 1.57. The van der Waals surface area contributed by atoms with Gasteiger partial charge in [-0.3, -0.25) is 0 Å². The molecule has 138 valence electrons. The Morgan fingerprint density at radius 3 is 2.57 bits per heavy atom. The van der Waals surface area contributed by atoms with Gasteiger partial charge in [-0.2, -0.15) is 0 Å². The number of fused-ring (bicyclic) bond motifs is 6. The summed E-state index contributed by atoms with van der Waals surface area (Å²) < 4.78 is 2.41. The molecule has 28 heavy (non-hydrogen) atoms. The number of para-hydroxylation sites is 2. The van der Waals surface area contributed by atoms with Gasteiger partial charge in [0.1, 0.15) is 0 Å². The van der Waals surface area contributed by atoms with Crippen molar-refractivity contribution in [3.8, 4) is 0 Å². The van der Waals surface area contributed by atoms with E-state index in [1.165, 1.54) is 49.5 Å². The Bertz CT molecular complexity index is 1340. The highest BCUT2D eigenvalue weighted by Gasteiger charge is 2.25. The van der Waals surface area contributed by atoms with Crippen molar-refractivity contribution in [2.24, 2.45) is 0 Å². The number of rotatable bonds is 2. The third-order valence-electron chi connectivity index (χ3n) is 6.30. The molecule has 0 spiro atoms. The molecule has 1 aliphatic heterocycles. The van der Waals surface area contributed by atoms with Crippen molar-refractivity contribution < 1.29 is 0 Å². The maximum Gasteiger partial charge on any atom is 0.0732 e. The summed E-state index contributed by atoms with van der Waals surface area (Å²) in [6, 6.07) is 24.6. The van der Waals surface area contributed by atoms with Gasteiger partial charge in [0, 0.05) is 51.5 Å². The van der Waals surface area contributed by atoms with Crippen molar-refractivity contribution in [3.05, 3.63) is 83.6 Å². The number of nitrogens with zero attached hydrogens (tertiary/aromatic N) is 1. The molecule has 2 aromatic heterocycles. The summed E-state index contributed by atoms with van der Waals surface area (Å²) >= 11 is 0. The number of benzene rings is 3. The molecule has 1 aliphatic rings. The van der Waals surface area contributed by atoms with E-state index >= 15 is 0 Å². The average Bonchev–Trinajstić information content (AvgIpc) is 3.28. The highest BCUT2D eigenvalue weighted by Crippen LogP contribution is 2.36. The van der Waals surface area contributed by atoms with Crippen LogP contribution in [0.15, 0.2) is 66.7 Å². The fourth-order valence-corrected chi connectivity index (χ4v) is 5.06.